The summed E-state index contributed by atoms with van der Waals surface area (Å²) in [6, 6.07) is 12.1. The highest BCUT2D eigenvalue weighted by molar-refractivity contribution is 5.76. The molecule has 0 saturated heterocycles. The van der Waals surface area contributed by atoms with Crippen LogP contribution in [0.1, 0.15) is 31.7 Å². The summed E-state index contributed by atoms with van der Waals surface area (Å²) < 4.78 is 16.7. The summed E-state index contributed by atoms with van der Waals surface area (Å²) in [7, 11) is 0. The Morgan fingerprint density at radius 2 is 1.75 bits per heavy atom. The molecule has 0 spiro atoms. The minimum absolute atomic E-state index is 0.0694. The molecule has 1 saturated carbocycles. The van der Waals surface area contributed by atoms with Crippen molar-refractivity contribution in [2.45, 2.75) is 37.8 Å². The zero-order chi connectivity index (χ0) is 22.2. The van der Waals surface area contributed by atoms with Crippen LogP contribution >= 0.6 is 0 Å². The van der Waals surface area contributed by atoms with E-state index in [4.69, 9.17) is 5.73 Å². The van der Waals surface area contributed by atoms with Crippen LogP contribution in [0.15, 0.2) is 70.6 Å². The zero-order valence-electron chi connectivity index (χ0n) is 17.3. The summed E-state index contributed by atoms with van der Waals surface area (Å²) in [5.41, 5.74) is 7.45. The molecule has 5 rings (SSSR count). The van der Waals surface area contributed by atoms with Gasteiger partial charge < -0.3 is 5.73 Å². The number of pyridine rings is 2. The molecule has 1 aliphatic rings. The van der Waals surface area contributed by atoms with E-state index in [1.54, 1.807) is 18.5 Å². The van der Waals surface area contributed by atoms with Gasteiger partial charge in [-0.15, -0.1) is 0 Å². The number of benzene rings is 1. The first kappa shape index (κ1) is 20.3. The largest absolute Gasteiger partial charge is 0.337 e. The second-order valence-electron chi connectivity index (χ2n) is 8.18. The Hall–Kier alpha value is -3.65. The number of fused-ring (bicyclic) bond motifs is 1. The van der Waals surface area contributed by atoms with Crippen molar-refractivity contribution in [1.82, 2.24) is 19.1 Å². The average Bonchev–Trinajstić information content (AvgIpc) is 2.82. The van der Waals surface area contributed by atoms with Crippen molar-refractivity contribution < 1.29 is 4.39 Å². The van der Waals surface area contributed by atoms with Gasteiger partial charge in [0.05, 0.1) is 17.3 Å². The second-order valence-corrected chi connectivity index (χ2v) is 8.18. The first-order chi connectivity index (χ1) is 15.5. The summed E-state index contributed by atoms with van der Waals surface area (Å²) in [5.74, 6) is -0.624. The normalized spacial score (nSPS) is 18.7. The Kier molecular flexibility index (Phi) is 5.14. The lowest BCUT2D eigenvalue weighted by Crippen LogP contribution is -2.44. The van der Waals surface area contributed by atoms with Crippen LogP contribution < -0.4 is 17.0 Å². The summed E-state index contributed by atoms with van der Waals surface area (Å²) in [6.07, 6.45) is 7.15. The summed E-state index contributed by atoms with van der Waals surface area (Å²) in [4.78, 5) is 35.2. The van der Waals surface area contributed by atoms with Crippen molar-refractivity contribution in [3.63, 3.8) is 0 Å². The Balaban J connectivity index is 1.76. The number of hydrogen-bond acceptors (Lipinski definition) is 5. The molecule has 1 aromatic carbocycles. The van der Waals surface area contributed by atoms with Crippen molar-refractivity contribution in [1.29, 1.82) is 0 Å². The number of halogens is 1. The first-order valence-corrected chi connectivity index (χ1v) is 10.6. The standard InChI is InChI=1S/C24H22FN5O2/c25-17-12-21-22(28-14-17)29(20-5-1-3-15(11-20)16-4-2-10-27-13-16)24(32)30(23(21)31)19-8-6-18(26)7-9-19/h1-5,10-14,18-19H,6-9,26H2/t18-,19+. The van der Waals surface area contributed by atoms with Gasteiger partial charge in [0.25, 0.3) is 5.56 Å². The van der Waals surface area contributed by atoms with Gasteiger partial charge in [-0.3, -0.25) is 14.3 Å². The van der Waals surface area contributed by atoms with Gasteiger partial charge in [-0.25, -0.2) is 18.7 Å². The van der Waals surface area contributed by atoms with E-state index in [1.165, 1.54) is 9.13 Å². The molecule has 0 bridgehead atoms. The SMILES string of the molecule is N[C@H]1CC[C@@H](n2c(=O)c3cc(F)cnc3n(-c3cccc(-c4cccnc4)c3)c2=O)CC1. The highest BCUT2D eigenvalue weighted by atomic mass is 19.1. The van der Waals surface area contributed by atoms with Crippen molar-refractivity contribution >= 4 is 11.0 Å². The predicted octanol–water partition coefficient (Wildman–Crippen LogP) is 3.19. The molecule has 162 valence electrons. The van der Waals surface area contributed by atoms with Crippen LogP contribution in [-0.2, 0) is 0 Å². The van der Waals surface area contributed by atoms with Crippen molar-refractivity contribution in [3.05, 3.63) is 87.7 Å². The molecule has 1 aliphatic carbocycles. The summed E-state index contributed by atoms with van der Waals surface area (Å²) in [6.45, 7) is 0. The van der Waals surface area contributed by atoms with E-state index in [9.17, 15) is 14.0 Å². The Morgan fingerprint density at radius 3 is 2.50 bits per heavy atom. The number of nitrogens with zero attached hydrogens (tertiary/aromatic N) is 4. The topological polar surface area (TPSA) is 95.8 Å². The van der Waals surface area contributed by atoms with Gasteiger partial charge in [-0.05, 0) is 55.5 Å². The van der Waals surface area contributed by atoms with Gasteiger partial charge in [-0.2, -0.15) is 0 Å². The maximum absolute atomic E-state index is 14.0. The number of rotatable bonds is 3. The first-order valence-electron chi connectivity index (χ1n) is 10.6. The molecule has 0 atom stereocenters. The van der Waals surface area contributed by atoms with Crippen molar-refractivity contribution in [2.24, 2.45) is 5.73 Å². The third kappa shape index (κ3) is 3.52. The molecule has 7 nitrogen and oxygen atoms in total. The molecule has 0 amide bonds. The van der Waals surface area contributed by atoms with E-state index < -0.39 is 17.1 Å². The Bertz CT molecular complexity index is 1410. The van der Waals surface area contributed by atoms with Crippen LogP contribution in [0, 0.1) is 5.82 Å². The smallest absolute Gasteiger partial charge is 0.328 e. The van der Waals surface area contributed by atoms with Gasteiger partial charge in [-0.1, -0.05) is 18.2 Å². The van der Waals surface area contributed by atoms with Gasteiger partial charge in [0.1, 0.15) is 5.82 Å². The molecule has 3 aromatic heterocycles. The molecule has 0 unspecified atom stereocenters. The molecular formula is C24H22FN5O2. The third-order valence-corrected chi connectivity index (χ3v) is 6.10. The lowest BCUT2D eigenvalue weighted by molar-refractivity contribution is 0.309. The quantitative estimate of drug-likeness (QED) is 0.538. The molecule has 8 heteroatoms. The van der Waals surface area contributed by atoms with E-state index in [0.29, 0.717) is 18.5 Å². The minimum atomic E-state index is -0.624. The van der Waals surface area contributed by atoms with Crippen LogP contribution in [0.3, 0.4) is 0 Å². The fourth-order valence-corrected chi connectivity index (χ4v) is 4.46. The predicted molar refractivity (Wildman–Crippen MR) is 120 cm³/mol. The van der Waals surface area contributed by atoms with Crippen molar-refractivity contribution in [2.75, 3.05) is 0 Å². The maximum atomic E-state index is 14.0. The van der Waals surface area contributed by atoms with Crippen molar-refractivity contribution in [3.8, 4) is 16.8 Å². The van der Waals surface area contributed by atoms with E-state index in [1.807, 2.05) is 30.3 Å². The second kappa shape index (κ2) is 8.12. The maximum Gasteiger partial charge on any atom is 0.337 e. The minimum Gasteiger partial charge on any atom is -0.328 e. The van der Waals surface area contributed by atoms with Crippen LogP contribution in [0.5, 0.6) is 0 Å². The molecule has 32 heavy (non-hydrogen) atoms. The van der Waals surface area contributed by atoms with E-state index in [-0.39, 0.29) is 23.1 Å². The molecule has 0 aliphatic heterocycles. The number of hydrogen-bond donors (Lipinski definition) is 1. The molecular weight excluding hydrogens is 409 g/mol. The summed E-state index contributed by atoms with van der Waals surface area (Å²) in [5, 5.41) is 0.0752. The van der Waals surface area contributed by atoms with E-state index in [0.717, 1.165) is 36.2 Å². The van der Waals surface area contributed by atoms with E-state index in [2.05, 4.69) is 9.97 Å². The summed E-state index contributed by atoms with van der Waals surface area (Å²) >= 11 is 0. The Labute approximate surface area is 183 Å². The zero-order valence-corrected chi connectivity index (χ0v) is 17.3. The molecule has 3 heterocycles. The molecule has 1 fully saturated rings. The lowest BCUT2D eigenvalue weighted by Gasteiger charge is -2.28. The molecule has 2 N–H and O–H groups in total. The molecule has 0 radical (unpaired) electrons. The van der Waals surface area contributed by atoms with Gasteiger partial charge in [0.15, 0.2) is 5.65 Å². The van der Waals surface area contributed by atoms with Crippen LogP contribution in [0.2, 0.25) is 0 Å². The Morgan fingerprint density at radius 1 is 0.969 bits per heavy atom. The number of aromatic nitrogens is 4. The van der Waals surface area contributed by atoms with Crippen LogP contribution in [-0.4, -0.2) is 25.1 Å². The van der Waals surface area contributed by atoms with E-state index >= 15 is 0 Å². The monoisotopic (exact) mass is 431 g/mol. The van der Waals surface area contributed by atoms with Crippen LogP contribution in [0.25, 0.3) is 27.8 Å². The fourth-order valence-electron chi connectivity index (χ4n) is 4.46. The van der Waals surface area contributed by atoms with Gasteiger partial charge in [0.2, 0.25) is 0 Å². The van der Waals surface area contributed by atoms with Gasteiger partial charge >= 0.3 is 5.69 Å². The van der Waals surface area contributed by atoms with Crippen LogP contribution in [0.4, 0.5) is 4.39 Å². The molecule has 4 aromatic rings. The third-order valence-electron chi connectivity index (χ3n) is 6.10. The highest BCUT2D eigenvalue weighted by Crippen LogP contribution is 2.27. The lowest BCUT2D eigenvalue weighted by atomic mass is 9.91. The highest BCUT2D eigenvalue weighted by Gasteiger charge is 2.26. The van der Waals surface area contributed by atoms with Gasteiger partial charge in [0, 0.05) is 30.0 Å². The number of nitrogens with two attached hydrogens (primary N) is 1. The average molecular weight is 431 g/mol. The fraction of sp³-hybridized carbons (Fsp3) is 0.250.